The second-order valence-electron chi connectivity index (χ2n) is 6.84. The predicted molar refractivity (Wildman–Crippen MR) is 101 cm³/mol. The van der Waals surface area contributed by atoms with Crippen molar-refractivity contribution in [2.24, 2.45) is 0 Å². The second-order valence-corrected chi connectivity index (χ2v) is 6.84. The Morgan fingerprint density at radius 3 is 1.29 bits per heavy atom. The maximum atomic E-state index is 4.52. The lowest BCUT2D eigenvalue weighted by atomic mass is 9.99. The Morgan fingerprint density at radius 1 is 0.583 bits per heavy atom. The zero-order valence-electron chi connectivity index (χ0n) is 14.8. The number of hydrogen-bond acceptors (Lipinski definition) is 2. The number of nitrogens with zero attached hydrogens (tertiary/aromatic N) is 2. The summed E-state index contributed by atoms with van der Waals surface area (Å²) >= 11 is 0. The Balaban J connectivity index is 1.91. The Labute approximate surface area is 144 Å². The van der Waals surface area contributed by atoms with Gasteiger partial charge in [0.1, 0.15) is 0 Å². The second kappa shape index (κ2) is 6.96. The molecule has 0 unspecified atom stereocenters. The third kappa shape index (κ3) is 3.53. The summed E-state index contributed by atoms with van der Waals surface area (Å²) in [4.78, 5) is 9.03. The van der Waals surface area contributed by atoms with Crippen LogP contribution in [0.15, 0.2) is 60.9 Å². The first-order valence-corrected chi connectivity index (χ1v) is 8.57. The molecule has 0 spiro atoms. The maximum absolute atomic E-state index is 4.52. The monoisotopic (exact) mass is 316 g/mol. The average Bonchev–Trinajstić information content (AvgIpc) is 2.62. The van der Waals surface area contributed by atoms with Crippen molar-refractivity contribution in [1.82, 2.24) is 9.97 Å². The van der Waals surface area contributed by atoms with E-state index in [1.807, 2.05) is 12.4 Å². The SMILES string of the molecule is CC(C)c1ccnc(-c2ccc(-c3cc(C(C)C)ccn3)cc2)c1. The van der Waals surface area contributed by atoms with Crippen LogP contribution in [0.5, 0.6) is 0 Å². The fourth-order valence-electron chi connectivity index (χ4n) is 2.74. The number of hydrogen-bond donors (Lipinski definition) is 0. The summed E-state index contributed by atoms with van der Waals surface area (Å²) in [5.41, 5.74) is 6.96. The summed E-state index contributed by atoms with van der Waals surface area (Å²) in [6, 6.07) is 17.1. The quantitative estimate of drug-likeness (QED) is 0.585. The van der Waals surface area contributed by atoms with Crippen LogP contribution < -0.4 is 0 Å². The molecular formula is C22H24N2. The van der Waals surface area contributed by atoms with Gasteiger partial charge >= 0.3 is 0 Å². The first-order valence-electron chi connectivity index (χ1n) is 8.57. The first-order chi connectivity index (χ1) is 11.5. The highest BCUT2D eigenvalue weighted by molar-refractivity contribution is 5.67. The van der Waals surface area contributed by atoms with Gasteiger partial charge in [-0.15, -0.1) is 0 Å². The normalized spacial score (nSPS) is 11.2. The molecule has 0 aliphatic heterocycles. The largest absolute Gasteiger partial charge is 0.256 e. The van der Waals surface area contributed by atoms with Gasteiger partial charge in [-0.05, 0) is 47.2 Å². The molecule has 0 aliphatic carbocycles. The molecule has 0 radical (unpaired) electrons. The smallest absolute Gasteiger partial charge is 0.0704 e. The van der Waals surface area contributed by atoms with Crippen molar-refractivity contribution in [3.05, 3.63) is 72.1 Å². The standard InChI is InChI=1S/C22H24N2/c1-15(2)19-9-11-23-21(13-19)17-5-7-18(8-6-17)22-14-20(16(3)4)10-12-24-22/h5-16H,1-4H3. The van der Waals surface area contributed by atoms with Crippen LogP contribution in [0.1, 0.15) is 50.7 Å². The molecular weight excluding hydrogens is 292 g/mol. The molecule has 2 aromatic heterocycles. The van der Waals surface area contributed by atoms with Crippen molar-refractivity contribution in [2.45, 2.75) is 39.5 Å². The van der Waals surface area contributed by atoms with Gasteiger partial charge in [-0.1, -0.05) is 52.0 Å². The number of rotatable bonds is 4. The molecule has 3 aromatic rings. The first kappa shape index (κ1) is 16.4. The van der Waals surface area contributed by atoms with Gasteiger partial charge in [0, 0.05) is 23.5 Å². The minimum atomic E-state index is 0.508. The third-order valence-electron chi connectivity index (χ3n) is 4.38. The molecule has 0 N–H and O–H groups in total. The van der Waals surface area contributed by atoms with E-state index in [2.05, 4.69) is 86.2 Å². The van der Waals surface area contributed by atoms with Gasteiger partial charge in [-0.3, -0.25) is 9.97 Å². The van der Waals surface area contributed by atoms with Crippen molar-refractivity contribution >= 4 is 0 Å². The minimum Gasteiger partial charge on any atom is -0.256 e. The topological polar surface area (TPSA) is 25.8 Å². The molecule has 0 saturated heterocycles. The van der Waals surface area contributed by atoms with E-state index in [1.165, 1.54) is 11.1 Å². The van der Waals surface area contributed by atoms with Crippen LogP contribution >= 0.6 is 0 Å². The van der Waals surface area contributed by atoms with Gasteiger partial charge in [0.05, 0.1) is 11.4 Å². The molecule has 122 valence electrons. The number of pyridine rings is 2. The van der Waals surface area contributed by atoms with Crippen LogP contribution in [0.3, 0.4) is 0 Å². The average molecular weight is 316 g/mol. The minimum absolute atomic E-state index is 0.508. The molecule has 1 aromatic carbocycles. The Hall–Kier alpha value is -2.48. The number of aromatic nitrogens is 2. The highest BCUT2D eigenvalue weighted by Crippen LogP contribution is 2.26. The number of benzene rings is 1. The van der Waals surface area contributed by atoms with E-state index in [9.17, 15) is 0 Å². The molecule has 24 heavy (non-hydrogen) atoms. The molecule has 2 nitrogen and oxygen atoms in total. The fourth-order valence-corrected chi connectivity index (χ4v) is 2.74. The van der Waals surface area contributed by atoms with Crippen LogP contribution in [0.4, 0.5) is 0 Å². The Kier molecular flexibility index (Phi) is 4.75. The fraction of sp³-hybridized carbons (Fsp3) is 0.273. The Bertz CT molecular complexity index is 747. The van der Waals surface area contributed by atoms with Crippen molar-refractivity contribution in [1.29, 1.82) is 0 Å². The zero-order chi connectivity index (χ0) is 17.1. The lowest BCUT2D eigenvalue weighted by Crippen LogP contribution is -1.92. The molecule has 0 amide bonds. The van der Waals surface area contributed by atoms with Crippen molar-refractivity contribution < 1.29 is 0 Å². The Morgan fingerprint density at radius 2 is 0.958 bits per heavy atom. The highest BCUT2D eigenvalue weighted by Gasteiger charge is 2.06. The van der Waals surface area contributed by atoms with Crippen molar-refractivity contribution in [3.63, 3.8) is 0 Å². The third-order valence-corrected chi connectivity index (χ3v) is 4.38. The predicted octanol–water partition coefficient (Wildman–Crippen LogP) is 6.06. The van der Waals surface area contributed by atoms with E-state index in [4.69, 9.17) is 0 Å². The molecule has 0 fully saturated rings. The van der Waals surface area contributed by atoms with E-state index >= 15 is 0 Å². The summed E-state index contributed by atoms with van der Waals surface area (Å²) in [5.74, 6) is 1.02. The van der Waals surface area contributed by atoms with Crippen LogP contribution in [0, 0.1) is 0 Å². The van der Waals surface area contributed by atoms with Crippen LogP contribution in [0.25, 0.3) is 22.5 Å². The van der Waals surface area contributed by atoms with Gasteiger partial charge in [0.25, 0.3) is 0 Å². The molecule has 0 saturated carbocycles. The van der Waals surface area contributed by atoms with Crippen LogP contribution in [-0.4, -0.2) is 9.97 Å². The molecule has 3 rings (SSSR count). The van der Waals surface area contributed by atoms with Crippen LogP contribution in [-0.2, 0) is 0 Å². The van der Waals surface area contributed by atoms with Gasteiger partial charge in [-0.25, -0.2) is 0 Å². The van der Waals surface area contributed by atoms with Crippen LogP contribution in [0.2, 0.25) is 0 Å². The molecule has 0 bridgehead atoms. The molecule has 0 aliphatic rings. The van der Waals surface area contributed by atoms with Gasteiger partial charge in [0.15, 0.2) is 0 Å². The van der Waals surface area contributed by atoms with E-state index in [-0.39, 0.29) is 0 Å². The maximum Gasteiger partial charge on any atom is 0.0704 e. The van der Waals surface area contributed by atoms with Crippen molar-refractivity contribution in [2.75, 3.05) is 0 Å². The van der Waals surface area contributed by atoms with E-state index < -0.39 is 0 Å². The summed E-state index contributed by atoms with van der Waals surface area (Å²) < 4.78 is 0. The summed E-state index contributed by atoms with van der Waals surface area (Å²) in [6.07, 6.45) is 3.79. The summed E-state index contributed by atoms with van der Waals surface area (Å²) in [5, 5.41) is 0. The summed E-state index contributed by atoms with van der Waals surface area (Å²) in [6.45, 7) is 8.82. The van der Waals surface area contributed by atoms with Gasteiger partial charge < -0.3 is 0 Å². The zero-order valence-corrected chi connectivity index (χ0v) is 14.8. The van der Waals surface area contributed by atoms with E-state index in [1.54, 1.807) is 0 Å². The van der Waals surface area contributed by atoms with E-state index in [0.29, 0.717) is 11.8 Å². The van der Waals surface area contributed by atoms with Gasteiger partial charge in [0.2, 0.25) is 0 Å². The lowest BCUT2D eigenvalue weighted by molar-refractivity contribution is 0.863. The lowest BCUT2D eigenvalue weighted by Gasteiger charge is -2.09. The van der Waals surface area contributed by atoms with Crippen molar-refractivity contribution in [3.8, 4) is 22.5 Å². The molecule has 2 heteroatoms. The summed E-state index contributed by atoms with van der Waals surface area (Å²) in [7, 11) is 0. The van der Waals surface area contributed by atoms with Gasteiger partial charge in [-0.2, -0.15) is 0 Å². The molecule has 2 heterocycles. The highest BCUT2D eigenvalue weighted by atomic mass is 14.7. The van der Waals surface area contributed by atoms with E-state index in [0.717, 1.165) is 22.5 Å². The molecule has 0 atom stereocenters.